The number of hydrogen-bond donors (Lipinski definition) is 2. The first-order valence-electron chi connectivity index (χ1n) is 12.2. The molecule has 1 aliphatic rings. The van der Waals surface area contributed by atoms with Gasteiger partial charge in [0, 0.05) is 24.1 Å². The number of amides is 2. The first-order valence-corrected chi connectivity index (χ1v) is 13.0. The van der Waals surface area contributed by atoms with Crippen molar-refractivity contribution in [3.63, 3.8) is 0 Å². The molecule has 1 aliphatic heterocycles. The van der Waals surface area contributed by atoms with Crippen molar-refractivity contribution >= 4 is 41.2 Å². The molecule has 0 radical (unpaired) electrons. The fourth-order valence-electron chi connectivity index (χ4n) is 3.84. The highest BCUT2D eigenvalue weighted by Crippen LogP contribution is 2.33. The summed E-state index contributed by atoms with van der Waals surface area (Å²) in [6, 6.07) is 11.6. The van der Waals surface area contributed by atoms with E-state index in [-0.39, 0.29) is 6.04 Å². The number of fused-ring (bicyclic) bond motifs is 1. The minimum atomic E-state index is -0.646. The molecule has 4 rings (SSSR count). The predicted molar refractivity (Wildman–Crippen MR) is 143 cm³/mol. The second-order valence-corrected chi connectivity index (χ2v) is 12.0. The summed E-state index contributed by atoms with van der Waals surface area (Å²) in [5.41, 5.74) is -0.597. The zero-order valence-corrected chi connectivity index (χ0v) is 22.9. The highest BCUT2D eigenvalue weighted by molar-refractivity contribution is 7.99. The quantitative estimate of drug-likeness (QED) is 0.459. The van der Waals surface area contributed by atoms with Gasteiger partial charge < -0.3 is 19.7 Å². The Hall–Kier alpha value is -3.47. The Labute approximate surface area is 221 Å². The van der Waals surface area contributed by atoms with Crippen molar-refractivity contribution < 1.29 is 19.1 Å². The predicted octanol–water partition coefficient (Wildman–Crippen LogP) is 5.33. The highest BCUT2D eigenvalue weighted by Gasteiger charge is 2.28. The maximum absolute atomic E-state index is 12.6. The molecule has 2 amide bonds. The monoisotopic (exact) mass is 526 g/mol. The van der Waals surface area contributed by atoms with E-state index in [9.17, 15) is 9.59 Å². The molecule has 10 nitrogen and oxygen atoms in total. The van der Waals surface area contributed by atoms with Crippen LogP contribution in [-0.2, 0) is 9.47 Å². The average molecular weight is 527 g/mol. The van der Waals surface area contributed by atoms with Crippen LogP contribution in [0.15, 0.2) is 52.4 Å². The number of rotatable bonds is 5. The minimum absolute atomic E-state index is 0.0850. The van der Waals surface area contributed by atoms with Crippen molar-refractivity contribution in [1.82, 2.24) is 19.9 Å². The highest BCUT2D eigenvalue weighted by atomic mass is 32.2. The number of anilines is 2. The zero-order valence-electron chi connectivity index (χ0n) is 22.1. The van der Waals surface area contributed by atoms with Gasteiger partial charge in [-0.2, -0.15) is 9.61 Å². The molecule has 0 bridgehead atoms. The molecule has 3 heterocycles. The molecule has 0 spiro atoms. The van der Waals surface area contributed by atoms with Gasteiger partial charge in [0.1, 0.15) is 22.8 Å². The van der Waals surface area contributed by atoms with Gasteiger partial charge in [0.2, 0.25) is 0 Å². The lowest BCUT2D eigenvalue weighted by Crippen LogP contribution is -2.40. The van der Waals surface area contributed by atoms with E-state index < -0.39 is 23.4 Å². The van der Waals surface area contributed by atoms with E-state index in [1.165, 1.54) is 0 Å². The normalized spacial score (nSPS) is 16.1. The van der Waals surface area contributed by atoms with E-state index in [1.54, 1.807) is 28.5 Å². The Morgan fingerprint density at radius 1 is 1.03 bits per heavy atom. The van der Waals surface area contributed by atoms with Gasteiger partial charge in [-0.05, 0) is 60.1 Å². The molecule has 37 heavy (non-hydrogen) atoms. The molecule has 3 aromatic rings. The number of carbonyl (C=O) groups excluding carboxylic acids is 2. The van der Waals surface area contributed by atoms with Crippen LogP contribution in [0, 0.1) is 0 Å². The van der Waals surface area contributed by atoms with Gasteiger partial charge in [-0.3, -0.25) is 5.32 Å². The van der Waals surface area contributed by atoms with Gasteiger partial charge in [0.25, 0.3) is 0 Å². The molecular weight excluding hydrogens is 492 g/mol. The molecular formula is C26H34N6O4S. The third-order valence-corrected chi connectivity index (χ3v) is 6.27. The van der Waals surface area contributed by atoms with Gasteiger partial charge in [-0.1, -0.05) is 30.0 Å². The van der Waals surface area contributed by atoms with Crippen LogP contribution in [0.4, 0.5) is 21.2 Å². The first-order chi connectivity index (χ1) is 17.4. The van der Waals surface area contributed by atoms with Gasteiger partial charge >= 0.3 is 12.2 Å². The van der Waals surface area contributed by atoms with E-state index in [0.29, 0.717) is 30.4 Å². The Kier molecular flexibility index (Phi) is 7.54. The summed E-state index contributed by atoms with van der Waals surface area (Å²) in [6.07, 6.45) is 1.46. The molecule has 2 N–H and O–H groups in total. The van der Waals surface area contributed by atoms with Crippen LogP contribution in [0.2, 0.25) is 0 Å². The van der Waals surface area contributed by atoms with Crippen LogP contribution in [-0.4, -0.2) is 57.1 Å². The van der Waals surface area contributed by atoms with E-state index >= 15 is 0 Å². The van der Waals surface area contributed by atoms with Crippen LogP contribution < -0.4 is 15.5 Å². The fourth-order valence-corrected chi connectivity index (χ4v) is 4.71. The number of nitrogens with one attached hydrogen (secondary N) is 2. The lowest BCUT2D eigenvalue weighted by Gasteiger charge is -2.23. The van der Waals surface area contributed by atoms with Gasteiger partial charge in [0.05, 0.1) is 17.1 Å². The zero-order chi connectivity index (χ0) is 26.8. The van der Waals surface area contributed by atoms with E-state index in [2.05, 4.69) is 20.6 Å². The number of nitrogens with zero attached hydrogens (tertiary/aromatic N) is 4. The van der Waals surface area contributed by atoms with Crippen LogP contribution >= 0.6 is 11.8 Å². The van der Waals surface area contributed by atoms with Crippen LogP contribution in [0.25, 0.3) is 5.65 Å². The lowest BCUT2D eigenvalue weighted by molar-refractivity contribution is 0.0508. The Morgan fingerprint density at radius 2 is 1.70 bits per heavy atom. The van der Waals surface area contributed by atoms with Crippen molar-refractivity contribution in [1.29, 1.82) is 0 Å². The third kappa shape index (κ3) is 7.28. The second kappa shape index (κ2) is 10.5. The maximum atomic E-state index is 12.6. The molecule has 1 fully saturated rings. The number of benzene rings is 1. The minimum Gasteiger partial charge on any atom is -0.444 e. The Balaban J connectivity index is 1.61. The summed E-state index contributed by atoms with van der Waals surface area (Å²) in [7, 11) is 0. The molecule has 2 aromatic heterocycles. The smallest absolute Gasteiger partial charge is 0.413 e. The van der Waals surface area contributed by atoms with Crippen molar-refractivity contribution in [2.24, 2.45) is 0 Å². The molecule has 1 atom stereocenters. The summed E-state index contributed by atoms with van der Waals surface area (Å²) >= 11 is 1.54. The van der Waals surface area contributed by atoms with Gasteiger partial charge in [0.15, 0.2) is 5.65 Å². The average Bonchev–Trinajstić information content (AvgIpc) is 3.39. The first kappa shape index (κ1) is 26.6. The largest absolute Gasteiger partial charge is 0.444 e. The van der Waals surface area contributed by atoms with E-state index in [1.807, 2.05) is 71.9 Å². The SMILES string of the molecule is CC(C)(C)OC(=O)Nc1cc(N2CC[C@H](NC(=O)OC(C)(C)C)C2)nc2c(Sc3ccccc3)cnn12. The Bertz CT molecular complexity index is 1270. The molecule has 0 saturated carbocycles. The van der Waals surface area contributed by atoms with Gasteiger partial charge in [-0.15, -0.1) is 0 Å². The number of ether oxygens (including phenoxy) is 2. The van der Waals surface area contributed by atoms with Crippen molar-refractivity contribution in [2.75, 3.05) is 23.3 Å². The van der Waals surface area contributed by atoms with Crippen LogP contribution in [0.5, 0.6) is 0 Å². The van der Waals surface area contributed by atoms with Crippen molar-refractivity contribution in [3.8, 4) is 0 Å². The number of aromatic nitrogens is 3. The standard InChI is InChI=1S/C26H34N6O4S/c1-25(2,3)35-23(33)28-17-12-13-31(16-17)20-14-21(30-24(34)36-26(4,5)6)32-22(29-20)19(15-27-32)37-18-10-8-7-9-11-18/h7-11,14-15,17H,12-13,16H2,1-6H3,(H,28,33)(H,30,34)/t17-/m0/s1. The number of alkyl carbamates (subject to hydrolysis) is 1. The topological polar surface area (TPSA) is 110 Å². The molecule has 11 heteroatoms. The van der Waals surface area contributed by atoms with Crippen LogP contribution in [0.3, 0.4) is 0 Å². The Morgan fingerprint density at radius 3 is 2.38 bits per heavy atom. The van der Waals surface area contributed by atoms with Crippen LogP contribution in [0.1, 0.15) is 48.0 Å². The molecule has 1 aromatic carbocycles. The summed E-state index contributed by atoms with van der Waals surface area (Å²) in [5, 5.41) is 10.3. The summed E-state index contributed by atoms with van der Waals surface area (Å²) in [4.78, 5) is 33.8. The summed E-state index contributed by atoms with van der Waals surface area (Å²) in [6.45, 7) is 12.2. The molecule has 0 aliphatic carbocycles. The molecule has 1 saturated heterocycles. The maximum Gasteiger partial charge on any atom is 0.413 e. The third-order valence-electron chi connectivity index (χ3n) is 5.26. The van der Waals surface area contributed by atoms with E-state index in [0.717, 1.165) is 16.2 Å². The molecule has 0 unspecified atom stereocenters. The van der Waals surface area contributed by atoms with Gasteiger partial charge in [-0.25, -0.2) is 14.6 Å². The molecule has 198 valence electrons. The van der Waals surface area contributed by atoms with Crippen molar-refractivity contribution in [3.05, 3.63) is 42.6 Å². The summed E-state index contributed by atoms with van der Waals surface area (Å²) in [5.74, 6) is 1.11. The number of hydrogen-bond acceptors (Lipinski definition) is 8. The fraction of sp³-hybridized carbons (Fsp3) is 0.462. The van der Waals surface area contributed by atoms with Crippen molar-refractivity contribution in [2.45, 2.75) is 75.0 Å². The lowest BCUT2D eigenvalue weighted by atomic mass is 10.2. The number of carbonyl (C=O) groups is 2. The second-order valence-electron chi connectivity index (χ2n) is 10.9. The summed E-state index contributed by atoms with van der Waals surface area (Å²) < 4.78 is 12.5. The van der Waals surface area contributed by atoms with E-state index in [4.69, 9.17) is 14.5 Å².